The molecule has 2 rings (SSSR count). The van der Waals surface area contributed by atoms with Crippen LogP contribution in [0.5, 0.6) is 0 Å². The summed E-state index contributed by atoms with van der Waals surface area (Å²) in [4.78, 5) is 12.0. The second-order valence-electron chi connectivity index (χ2n) is 2.70. The van der Waals surface area contributed by atoms with Crippen LogP contribution in [0, 0.1) is 6.92 Å². The average Bonchev–Trinajstić information content (AvgIpc) is 2.47. The summed E-state index contributed by atoms with van der Waals surface area (Å²) in [5.41, 5.74) is 7.41. The van der Waals surface area contributed by atoms with E-state index in [9.17, 15) is 0 Å². The number of rotatable bonds is 1. The highest BCUT2D eigenvalue weighted by Gasteiger charge is 2.07. The molecule has 0 saturated heterocycles. The van der Waals surface area contributed by atoms with Gasteiger partial charge in [-0.3, -0.25) is 4.57 Å². The van der Waals surface area contributed by atoms with Crippen molar-refractivity contribution in [2.45, 2.75) is 13.7 Å². The summed E-state index contributed by atoms with van der Waals surface area (Å²) >= 11 is 0. The molecule has 3 N–H and O–H groups in total. The molecule has 0 aromatic carbocycles. The molecule has 0 aliphatic carbocycles. The van der Waals surface area contributed by atoms with E-state index in [4.69, 9.17) is 10.8 Å². The fourth-order valence-corrected chi connectivity index (χ4v) is 1.21. The van der Waals surface area contributed by atoms with Gasteiger partial charge in [0.1, 0.15) is 12.2 Å². The minimum absolute atomic E-state index is 0.160. The van der Waals surface area contributed by atoms with Crippen molar-refractivity contribution < 1.29 is 5.11 Å². The summed E-state index contributed by atoms with van der Waals surface area (Å²) in [5, 5.41) is 8.93. The van der Waals surface area contributed by atoms with E-state index in [-0.39, 0.29) is 12.7 Å². The largest absolute Gasteiger partial charge is 0.376 e. The number of aryl methyl sites for hydroxylation is 1. The molecule has 2 aromatic rings. The zero-order valence-corrected chi connectivity index (χ0v) is 7.10. The summed E-state index contributed by atoms with van der Waals surface area (Å²) in [5.74, 6) is 0.195. The monoisotopic (exact) mass is 179 g/mol. The van der Waals surface area contributed by atoms with Crippen LogP contribution in [0.25, 0.3) is 11.2 Å². The van der Waals surface area contributed by atoms with Crippen LogP contribution in [-0.4, -0.2) is 24.6 Å². The lowest BCUT2D eigenvalue weighted by Crippen LogP contribution is -2.01. The quantitative estimate of drug-likeness (QED) is 0.625. The van der Waals surface area contributed by atoms with Crippen molar-refractivity contribution in [2.24, 2.45) is 0 Å². The Morgan fingerprint density at radius 3 is 3.00 bits per heavy atom. The smallest absolute Gasteiger partial charge is 0.222 e. The molecule has 2 aromatic heterocycles. The van der Waals surface area contributed by atoms with Gasteiger partial charge in [-0.25, -0.2) is 9.97 Å². The molecule has 0 amide bonds. The molecule has 2 heterocycles. The Kier molecular flexibility index (Phi) is 1.63. The third-order valence-corrected chi connectivity index (χ3v) is 1.81. The Labute approximate surface area is 74.1 Å². The van der Waals surface area contributed by atoms with E-state index in [1.807, 2.05) is 0 Å². The van der Waals surface area contributed by atoms with Crippen LogP contribution in [0.2, 0.25) is 0 Å². The van der Waals surface area contributed by atoms with Crippen molar-refractivity contribution in [1.82, 2.24) is 19.5 Å². The fraction of sp³-hybridized carbons (Fsp3) is 0.286. The Morgan fingerprint density at radius 2 is 2.31 bits per heavy atom. The molecule has 68 valence electrons. The molecule has 13 heavy (non-hydrogen) atoms. The van der Waals surface area contributed by atoms with Gasteiger partial charge in [0.05, 0.1) is 12.0 Å². The molecule has 0 spiro atoms. The maximum Gasteiger partial charge on any atom is 0.222 e. The van der Waals surface area contributed by atoms with E-state index in [0.717, 1.165) is 5.69 Å². The van der Waals surface area contributed by atoms with E-state index in [0.29, 0.717) is 11.2 Å². The number of aromatic nitrogens is 4. The normalized spacial score (nSPS) is 10.9. The molecule has 0 aliphatic heterocycles. The van der Waals surface area contributed by atoms with Crippen LogP contribution in [0.4, 0.5) is 5.95 Å². The predicted octanol–water partition coefficient (Wildman–Crippen LogP) is -0.333. The number of nitrogens with two attached hydrogens (primary N) is 1. The van der Waals surface area contributed by atoms with E-state index in [1.165, 1.54) is 10.9 Å². The zero-order chi connectivity index (χ0) is 9.42. The third kappa shape index (κ3) is 1.11. The second kappa shape index (κ2) is 2.67. The molecular formula is C7H9N5O. The lowest BCUT2D eigenvalue weighted by molar-refractivity contribution is 0.214. The lowest BCUT2D eigenvalue weighted by atomic mass is 10.4. The minimum Gasteiger partial charge on any atom is -0.376 e. The van der Waals surface area contributed by atoms with Gasteiger partial charge >= 0.3 is 0 Å². The van der Waals surface area contributed by atoms with Crippen LogP contribution >= 0.6 is 0 Å². The van der Waals surface area contributed by atoms with Gasteiger partial charge in [-0.15, -0.1) is 0 Å². The first-order valence-corrected chi connectivity index (χ1v) is 3.78. The van der Waals surface area contributed by atoms with Crippen LogP contribution in [0.15, 0.2) is 6.33 Å². The van der Waals surface area contributed by atoms with Gasteiger partial charge in [-0.1, -0.05) is 0 Å². The highest BCUT2D eigenvalue weighted by Crippen LogP contribution is 2.13. The number of aliphatic hydroxyl groups is 1. The van der Waals surface area contributed by atoms with Crippen molar-refractivity contribution in [3.05, 3.63) is 12.0 Å². The van der Waals surface area contributed by atoms with Crippen LogP contribution < -0.4 is 5.73 Å². The Morgan fingerprint density at radius 1 is 1.54 bits per heavy atom. The molecule has 0 fully saturated rings. The van der Waals surface area contributed by atoms with Crippen molar-refractivity contribution >= 4 is 17.1 Å². The number of nitrogens with zero attached hydrogens (tertiary/aromatic N) is 4. The highest BCUT2D eigenvalue weighted by molar-refractivity contribution is 5.74. The highest BCUT2D eigenvalue weighted by atomic mass is 16.3. The van der Waals surface area contributed by atoms with Crippen molar-refractivity contribution in [3.8, 4) is 0 Å². The Bertz CT molecular complexity index is 449. The summed E-state index contributed by atoms with van der Waals surface area (Å²) in [6.45, 7) is 1.64. The van der Waals surface area contributed by atoms with Crippen LogP contribution in [0.1, 0.15) is 5.69 Å². The molecular weight excluding hydrogens is 170 g/mol. The molecule has 0 bridgehead atoms. The van der Waals surface area contributed by atoms with Crippen LogP contribution in [0.3, 0.4) is 0 Å². The molecule has 6 heteroatoms. The maximum atomic E-state index is 8.93. The Balaban J connectivity index is 2.82. The van der Waals surface area contributed by atoms with Gasteiger partial charge in [-0.05, 0) is 6.92 Å². The maximum absolute atomic E-state index is 8.93. The second-order valence-corrected chi connectivity index (χ2v) is 2.70. The summed E-state index contributed by atoms with van der Waals surface area (Å²) in [6.07, 6.45) is 1.51. The number of anilines is 1. The first-order chi connectivity index (χ1) is 6.22. The fourth-order valence-electron chi connectivity index (χ4n) is 1.21. The molecule has 0 unspecified atom stereocenters. The van der Waals surface area contributed by atoms with Gasteiger partial charge in [0.25, 0.3) is 0 Å². The van der Waals surface area contributed by atoms with Crippen LogP contribution in [-0.2, 0) is 6.73 Å². The topological polar surface area (TPSA) is 89.9 Å². The first kappa shape index (κ1) is 7.93. The SMILES string of the molecule is Cc1nc(N)nc2c1ncn2CO. The number of hydrogen-bond donors (Lipinski definition) is 2. The zero-order valence-electron chi connectivity index (χ0n) is 7.10. The minimum atomic E-state index is -0.160. The molecule has 0 atom stereocenters. The van der Waals surface area contributed by atoms with Gasteiger partial charge in [0.2, 0.25) is 5.95 Å². The third-order valence-electron chi connectivity index (χ3n) is 1.81. The van der Waals surface area contributed by atoms with E-state index >= 15 is 0 Å². The number of imidazole rings is 1. The van der Waals surface area contributed by atoms with E-state index in [1.54, 1.807) is 6.92 Å². The Hall–Kier alpha value is -1.69. The van der Waals surface area contributed by atoms with Gasteiger partial charge in [0, 0.05) is 0 Å². The van der Waals surface area contributed by atoms with Crippen molar-refractivity contribution in [1.29, 1.82) is 0 Å². The molecule has 0 saturated carbocycles. The lowest BCUT2D eigenvalue weighted by Gasteiger charge is -1.99. The number of fused-ring (bicyclic) bond motifs is 1. The molecule has 0 radical (unpaired) electrons. The van der Waals surface area contributed by atoms with Gasteiger partial charge in [0.15, 0.2) is 5.65 Å². The van der Waals surface area contributed by atoms with Gasteiger partial charge in [-0.2, -0.15) is 4.98 Å². The first-order valence-electron chi connectivity index (χ1n) is 3.78. The summed E-state index contributed by atoms with van der Waals surface area (Å²) < 4.78 is 1.50. The van der Waals surface area contributed by atoms with Crippen molar-refractivity contribution in [3.63, 3.8) is 0 Å². The van der Waals surface area contributed by atoms with Crippen molar-refractivity contribution in [2.75, 3.05) is 5.73 Å². The summed E-state index contributed by atoms with van der Waals surface area (Å²) in [6, 6.07) is 0. The number of hydrogen-bond acceptors (Lipinski definition) is 5. The van der Waals surface area contributed by atoms with Gasteiger partial charge < -0.3 is 10.8 Å². The number of nitrogen functional groups attached to an aromatic ring is 1. The predicted molar refractivity (Wildman–Crippen MR) is 46.7 cm³/mol. The van der Waals surface area contributed by atoms with E-state index < -0.39 is 0 Å². The standard InChI is InChI=1S/C7H9N5O/c1-4-5-6(11-7(8)10-4)12(3-13)2-9-5/h2,13H,3H2,1H3,(H2,8,10,11). The number of aliphatic hydroxyl groups excluding tert-OH is 1. The summed E-state index contributed by atoms with van der Waals surface area (Å²) in [7, 11) is 0. The van der Waals surface area contributed by atoms with E-state index in [2.05, 4.69) is 15.0 Å². The molecule has 0 aliphatic rings. The molecule has 6 nitrogen and oxygen atoms in total. The average molecular weight is 179 g/mol.